The topological polar surface area (TPSA) is 501 Å². The highest BCUT2D eigenvalue weighted by Gasteiger charge is 2.53. The maximum Gasteiger partial charge on any atom is 0.330 e. The molecule has 4 fully saturated rings. The van der Waals surface area contributed by atoms with Crippen molar-refractivity contribution in [1.29, 1.82) is 0 Å². The molecule has 0 radical (unpaired) electrons. The summed E-state index contributed by atoms with van der Waals surface area (Å²) in [5.74, 6) is -5.44. The van der Waals surface area contributed by atoms with Crippen LogP contribution in [0.5, 0.6) is 40.2 Å². The van der Waals surface area contributed by atoms with E-state index in [2.05, 4.69) is 0 Å². The Bertz CT molecular complexity index is 3290. The summed E-state index contributed by atoms with van der Waals surface area (Å²) in [6.45, 7) is -3.32. The van der Waals surface area contributed by atoms with E-state index in [1.165, 1.54) is 60.7 Å². The van der Waals surface area contributed by atoms with Crippen LogP contribution in [0.25, 0.3) is 34.8 Å². The van der Waals surface area contributed by atoms with Crippen molar-refractivity contribution >= 4 is 24.1 Å². The number of benzene rings is 4. The van der Waals surface area contributed by atoms with Crippen molar-refractivity contribution in [1.82, 2.24) is 0 Å². The number of esters is 2. The standard InChI is InChI=1S/C57H62O31/c58-18-35-41(67)45(71)49(75)54(84-35)81-32-16-26(61)15-31-27(32)17-34(52(80-31)24-5-7-25(60)8-6-24)83-57-53(48(74)44(70)38(87-57)21-79-39(65)11-3-22-1-9-28(62)30(64)13-22)88-56-51(77)47(73)43(69)37(86-56)20-78-40(66)12-4-23-2-10-29(63)33(14-23)82-55-50(76)46(72)42(68)36(19-59)85-55/h1-17,35-38,41-51,53-60,62-64,67-77H,18-21H2/t35-,36-,37-,38-,41-,42-,43-,44-,45+,46+,47+,48+,49-,50-,51-,53-,54-,55-,56+,57-/m1/s1. The normalized spacial score (nSPS) is 32.6. The van der Waals surface area contributed by atoms with Crippen molar-refractivity contribution in [2.75, 3.05) is 26.4 Å². The number of fused-ring (bicyclic) bond motifs is 1. The van der Waals surface area contributed by atoms with Crippen LogP contribution in [0.4, 0.5) is 0 Å². The predicted molar refractivity (Wildman–Crippen MR) is 288 cm³/mol. The van der Waals surface area contributed by atoms with Gasteiger partial charge in [-0.15, -0.1) is 0 Å². The molecule has 1 aliphatic carbocycles. The number of aliphatic hydroxyl groups excluding tert-OH is 13. The van der Waals surface area contributed by atoms with Gasteiger partial charge in [-0.2, -0.15) is 0 Å². The zero-order valence-corrected chi connectivity index (χ0v) is 45.5. The van der Waals surface area contributed by atoms with Gasteiger partial charge in [0.2, 0.25) is 18.9 Å². The van der Waals surface area contributed by atoms with E-state index < -0.39 is 195 Å². The highest BCUT2D eigenvalue weighted by atomic mass is 16.8. The first-order valence-electron chi connectivity index (χ1n) is 26.9. The first-order valence-corrected chi connectivity index (χ1v) is 26.9. The number of ether oxygens (including phenoxy) is 10. The van der Waals surface area contributed by atoms with Gasteiger partial charge >= 0.3 is 11.9 Å². The molecule has 476 valence electrons. The zero-order valence-electron chi connectivity index (χ0n) is 45.5. The molecule has 20 atom stereocenters. The van der Waals surface area contributed by atoms with Gasteiger partial charge in [-0.3, -0.25) is 4.79 Å². The molecular formula is C57H62O31. The van der Waals surface area contributed by atoms with Crippen LogP contribution in [-0.2, 0) is 42.7 Å². The molecule has 6 aliphatic rings. The van der Waals surface area contributed by atoms with Crippen LogP contribution in [0.15, 0.2) is 100 Å². The van der Waals surface area contributed by atoms with Crippen LogP contribution in [0, 0.1) is 0 Å². The zero-order chi connectivity index (χ0) is 63.4. The SMILES string of the molecule is O=C(C=Cc1ccc(O)c(O[C@@H]2O[C@H](CO)[C@@H](O)[C@H](O)[C@H]2O)c1)OC[C@H]1O[C@@H](O[C@H]2[C@H](Oc3cc4c(O[C@@H]5O[C@H](CO)[C@@H](O)[C@H](O)[C@H]5O)cc(=O)cc-4oc3-c3ccc(O)cc3)O[C@H](COC(=O)C=Cc3ccc(O)c(O)c3)[C@@H](O)[C@@H]2O)[C@H](O)[C@@H](O)[C@@H]1O. The first kappa shape index (κ1) is 64.9. The van der Waals surface area contributed by atoms with Gasteiger partial charge in [-0.05, 0) is 77.9 Å². The number of aromatic hydroxyl groups is 4. The lowest BCUT2D eigenvalue weighted by atomic mass is 9.97. The number of phenols is 4. The second-order valence-electron chi connectivity index (χ2n) is 20.6. The summed E-state index contributed by atoms with van der Waals surface area (Å²) in [6, 6.07) is 15.6. The molecule has 3 aromatic rings. The summed E-state index contributed by atoms with van der Waals surface area (Å²) in [5, 5.41) is 179. The molecule has 0 unspecified atom stereocenters. The molecule has 4 saturated heterocycles. The van der Waals surface area contributed by atoms with Crippen LogP contribution < -0.4 is 19.6 Å². The van der Waals surface area contributed by atoms with Gasteiger partial charge in [0.25, 0.3) is 0 Å². The third-order valence-electron chi connectivity index (χ3n) is 14.5. The van der Waals surface area contributed by atoms with Gasteiger partial charge in [0.1, 0.15) is 122 Å². The van der Waals surface area contributed by atoms with Gasteiger partial charge in [-0.1, -0.05) is 12.1 Å². The minimum absolute atomic E-state index is 0.125. The molecule has 31 nitrogen and oxygen atoms in total. The Morgan fingerprint density at radius 1 is 0.455 bits per heavy atom. The smallest absolute Gasteiger partial charge is 0.330 e. The Kier molecular flexibility index (Phi) is 20.5. The number of hydrogen-bond acceptors (Lipinski definition) is 31. The highest BCUT2D eigenvalue weighted by molar-refractivity contribution is 5.88. The lowest BCUT2D eigenvalue weighted by Gasteiger charge is -2.46. The van der Waals surface area contributed by atoms with E-state index in [1.807, 2.05) is 0 Å². The molecule has 9 rings (SSSR count). The van der Waals surface area contributed by atoms with E-state index >= 15 is 0 Å². The van der Waals surface area contributed by atoms with E-state index in [0.29, 0.717) is 0 Å². The second-order valence-corrected chi connectivity index (χ2v) is 20.6. The second kappa shape index (κ2) is 27.8. The Morgan fingerprint density at radius 2 is 0.932 bits per heavy atom. The maximum atomic E-state index is 13.2. The molecule has 0 spiro atoms. The van der Waals surface area contributed by atoms with Crippen molar-refractivity contribution in [2.45, 2.75) is 123 Å². The average Bonchev–Trinajstić information content (AvgIpc) is 3.53. The largest absolute Gasteiger partial charge is 0.508 e. The van der Waals surface area contributed by atoms with Gasteiger partial charge in [0, 0.05) is 29.8 Å². The quantitative estimate of drug-likeness (QED) is 0.0214. The molecule has 0 saturated carbocycles. The summed E-state index contributed by atoms with van der Waals surface area (Å²) in [4.78, 5) is 39.3. The Balaban J connectivity index is 0.983. The summed E-state index contributed by atoms with van der Waals surface area (Å²) in [7, 11) is 0. The summed E-state index contributed by atoms with van der Waals surface area (Å²) in [6.07, 6.45) is -33.6. The Hall–Kier alpha value is -7.61. The van der Waals surface area contributed by atoms with Gasteiger partial charge in [0.05, 0.1) is 18.8 Å². The van der Waals surface area contributed by atoms with Crippen LogP contribution in [0.1, 0.15) is 11.1 Å². The van der Waals surface area contributed by atoms with E-state index in [4.69, 9.17) is 51.8 Å². The molecule has 5 heterocycles. The maximum absolute atomic E-state index is 13.2. The summed E-state index contributed by atoms with van der Waals surface area (Å²) < 4.78 is 63.5. The third kappa shape index (κ3) is 14.4. The molecule has 0 aromatic heterocycles. The summed E-state index contributed by atoms with van der Waals surface area (Å²) >= 11 is 0. The fraction of sp³-hybridized carbons (Fsp3) is 0.421. The van der Waals surface area contributed by atoms with E-state index in [-0.39, 0.29) is 45.3 Å². The van der Waals surface area contributed by atoms with Gasteiger partial charge < -0.3 is 139 Å². The van der Waals surface area contributed by atoms with Crippen LogP contribution >= 0.6 is 0 Å². The molecule has 17 N–H and O–H groups in total. The highest BCUT2D eigenvalue weighted by Crippen LogP contribution is 2.44. The van der Waals surface area contributed by atoms with Crippen LogP contribution in [-0.4, -0.2) is 248 Å². The summed E-state index contributed by atoms with van der Waals surface area (Å²) in [5.41, 5.74) is -0.353. The van der Waals surface area contributed by atoms with Crippen LogP contribution in [0.2, 0.25) is 0 Å². The molecule has 5 aliphatic heterocycles. The predicted octanol–water partition coefficient (Wildman–Crippen LogP) is -3.88. The average molecular weight is 1240 g/mol. The lowest BCUT2D eigenvalue weighted by Crippen LogP contribution is -2.65. The minimum Gasteiger partial charge on any atom is -0.508 e. The van der Waals surface area contributed by atoms with Gasteiger partial charge in [0.15, 0.2) is 52.3 Å². The molecule has 88 heavy (non-hydrogen) atoms. The van der Waals surface area contributed by atoms with Gasteiger partial charge in [-0.25, -0.2) is 9.59 Å². The molecule has 0 amide bonds. The van der Waals surface area contributed by atoms with Crippen molar-refractivity contribution in [3.63, 3.8) is 0 Å². The minimum atomic E-state index is -2.20. The van der Waals surface area contributed by atoms with Crippen molar-refractivity contribution in [3.8, 4) is 62.9 Å². The number of carbonyl (C=O) groups is 2. The Labute approximate surface area is 495 Å². The number of hydrogen-bond donors (Lipinski definition) is 17. The third-order valence-corrected chi connectivity index (χ3v) is 14.5. The fourth-order valence-electron chi connectivity index (χ4n) is 9.60. The molecular weight excluding hydrogens is 1180 g/mol. The van der Waals surface area contributed by atoms with E-state index in [9.17, 15) is 101 Å². The molecule has 31 heteroatoms. The van der Waals surface area contributed by atoms with Crippen molar-refractivity contribution in [2.24, 2.45) is 0 Å². The van der Waals surface area contributed by atoms with E-state index in [0.717, 1.165) is 42.5 Å². The Morgan fingerprint density at radius 3 is 1.49 bits per heavy atom. The fourth-order valence-corrected chi connectivity index (χ4v) is 9.60. The number of aliphatic hydroxyl groups is 13. The monoisotopic (exact) mass is 1240 g/mol. The lowest BCUT2D eigenvalue weighted by molar-refractivity contribution is -0.358. The van der Waals surface area contributed by atoms with Crippen molar-refractivity contribution < 1.29 is 148 Å². The molecule has 3 aromatic carbocycles. The first-order chi connectivity index (χ1) is 41.9. The van der Waals surface area contributed by atoms with E-state index in [1.54, 1.807) is 0 Å². The number of phenolic OH excluding ortho intramolecular Hbond substituents is 4. The van der Waals surface area contributed by atoms with Crippen molar-refractivity contribution in [3.05, 3.63) is 112 Å². The molecule has 0 bridgehead atoms. The van der Waals surface area contributed by atoms with Crippen LogP contribution in [0.3, 0.4) is 0 Å². The number of rotatable bonds is 19. The number of carbonyl (C=O) groups excluding carboxylic acids is 2.